The first-order valence-corrected chi connectivity index (χ1v) is 9.05. The van der Waals surface area contributed by atoms with Gasteiger partial charge in [0.25, 0.3) is 5.91 Å². The lowest BCUT2D eigenvalue weighted by molar-refractivity contribution is -0.152. The number of amides is 1. The lowest BCUT2D eigenvalue weighted by Gasteiger charge is -2.18. The highest BCUT2D eigenvalue weighted by Gasteiger charge is 2.23. The zero-order chi connectivity index (χ0) is 18.4. The van der Waals surface area contributed by atoms with Crippen molar-refractivity contribution < 1.29 is 14.3 Å². The van der Waals surface area contributed by atoms with E-state index in [1.807, 2.05) is 62.4 Å². The Hall–Kier alpha value is -2.27. The lowest BCUT2D eigenvalue weighted by atomic mass is 10.1. The van der Waals surface area contributed by atoms with Gasteiger partial charge in [-0.3, -0.25) is 9.59 Å². The first-order chi connectivity index (χ1) is 11.9. The van der Waals surface area contributed by atoms with Gasteiger partial charge in [-0.1, -0.05) is 36.4 Å². The number of carbonyl (C=O) groups excluding carboxylic acids is 2. The van der Waals surface area contributed by atoms with Crippen molar-refractivity contribution in [3.63, 3.8) is 0 Å². The van der Waals surface area contributed by atoms with Crippen LogP contribution in [-0.2, 0) is 14.3 Å². The Bertz CT molecular complexity index is 726. The molecule has 0 heterocycles. The van der Waals surface area contributed by atoms with Gasteiger partial charge in [0, 0.05) is 10.6 Å². The van der Waals surface area contributed by atoms with Gasteiger partial charge in [-0.15, -0.1) is 11.8 Å². The van der Waals surface area contributed by atoms with Crippen molar-refractivity contribution in [2.45, 2.75) is 43.9 Å². The minimum atomic E-state index is -0.856. The van der Waals surface area contributed by atoms with Crippen molar-refractivity contribution in [2.24, 2.45) is 0 Å². The van der Waals surface area contributed by atoms with Gasteiger partial charge in [0.15, 0.2) is 6.10 Å². The molecule has 0 saturated heterocycles. The van der Waals surface area contributed by atoms with E-state index in [9.17, 15) is 9.59 Å². The van der Waals surface area contributed by atoms with Crippen molar-refractivity contribution in [3.05, 3.63) is 59.7 Å². The zero-order valence-electron chi connectivity index (χ0n) is 14.9. The molecule has 2 rings (SSSR count). The average molecular weight is 357 g/mol. The monoisotopic (exact) mass is 357 g/mol. The summed E-state index contributed by atoms with van der Waals surface area (Å²) in [7, 11) is 0. The van der Waals surface area contributed by atoms with Gasteiger partial charge >= 0.3 is 5.97 Å². The van der Waals surface area contributed by atoms with Gasteiger partial charge in [-0.25, -0.2) is 0 Å². The number of esters is 1. The fraction of sp³-hybridized carbons (Fsp3) is 0.300. The van der Waals surface area contributed by atoms with Crippen LogP contribution in [0.25, 0.3) is 0 Å². The van der Waals surface area contributed by atoms with Gasteiger partial charge < -0.3 is 10.1 Å². The molecule has 2 aromatic rings. The van der Waals surface area contributed by atoms with E-state index in [1.165, 1.54) is 11.8 Å². The molecular formula is C20H23NO3S. The molecule has 1 amide bonds. The van der Waals surface area contributed by atoms with Crippen LogP contribution in [0, 0.1) is 13.8 Å². The number of benzene rings is 2. The van der Waals surface area contributed by atoms with Gasteiger partial charge in [-0.05, 0) is 51.0 Å². The highest BCUT2D eigenvalue weighted by atomic mass is 32.2. The molecule has 1 N–H and O–H groups in total. The van der Waals surface area contributed by atoms with Crippen molar-refractivity contribution >= 4 is 29.3 Å². The number of rotatable bonds is 6. The number of hydrogen-bond donors (Lipinski definition) is 1. The first kappa shape index (κ1) is 19.1. The lowest BCUT2D eigenvalue weighted by Crippen LogP contribution is -2.32. The maximum atomic E-state index is 12.3. The van der Waals surface area contributed by atoms with Crippen LogP contribution < -0.4 is 5.32 Å². The molecule has 0 aliphatic heterocycles. The predicted molar refractivity (Wildman–Crippen MR) is 102 cm³/mol. The number of hydrogen-bond acceptors (Lipinski definition) is 4. The van der Waals surface area contributed by atoms with E-state index < -0.39 is 17.3 Å². The van der Waals surface area contributed by atoms with Crippen LogP contribution in [0.3, 0.4) is 0 Å². The SMILES string of the molecule is Cc1cccc(C)c1NC(=O)[C@@H](C)OC(=O)[C@H](C)Sc1ccccc1. The highest BCUT2D eigenvalue weighted by Crippen LogP contribution is 2.24. The average Bonchev–Trinajstić information content (AvgIpc) is 2.58. The molecule has 0 aliphatic carbocycles. The summed E-state index contributed by atoms with van der Waals surface area (Å²) in [6.45, 7) is 7.21. The molecule has 132 valence electrons. The van der Waals surface area contributed by atoms with Crippen LogP contribution in [0.5, 0.6) is 0 Å². The normalized spacial score (nSPS) is 13.0. The molecule has 0 saturated carbocycles. The van der Waals surface area contributed by atoms with Crippen molar-refractivity contribution in [1.29, 1.82) is 0 Å². The molecule has 5 heteroatoms. The summed E-state index contributed by atoms with van der Waals surface area (Å²) < 4.78 is 5.33. The smallest absolute Gasteiger partial charge is 0.319 e. The van der Waals surface area contributed by atoms with E-state index in [4.69, 9.17) is 4.74 Å². The van der Waals surface area contributed by atoms with Crippen LogP contribution in [0.2, 0.25) is 0 Å². The Morgan fingerprint density at radius 2 is 1.56 bits per heavy atom. The summed E-state index contributed by atoms with van der Waals surface area (Å²) in [6.07, 6.45) is -0.856. The zero-order valence-corrected chi connectivity index (χ0v) is 15.7. The topological polar surface area (TPSA) is 55.4 Å². The Kier molecular flexibility index (Phi) is 6.65. The molecule has 0 spiro atoms. The number of ether oxygens (including phenoxy) is 1. The van der Waals surface area contributed by atoms with E-state index in [2.05, 4.69) is 5.32 Å². The summed E-state index contributed by atoms with van der Waals surface area (Å²) in [5, 5.41) is 2.46. The molecule has 0 bridgehead atoms. The third-order valence-electron chi connectivity index (χ3n) is 3.78. The number of para-hydroxylation sites is 1. The van der Waals surface area contributed by atoms with Gasteiger partial charge in [0.2, 0.25) is 0 Å². The summed E-state index contributed by atoms with van der Waals surface area (Å²) >= 11 is 1.41. The van der Waals surface area contributed by atoms with E-state index >= 15 is 0 Å². The van der Waals surface area contributed by atoms with E-state index in [0.717, 1.165) is 21.7 Å². The van der Waals surface area contributed by atoms with Crippen LogP contribution >= 0.6 is 11.8 Å². The molecule has 0 radical (unpaired) electrons. The molecule has 2 atom stereocenters. The van der Waals surface area contributed by atoms with E-state index in [-0.39, 0.29) is 5.91 Å². The summed E-state index contributed by atoms with van der Waals surface area (Å²) in [4.78, 5) is 25.5. The fourth-order valence-corrected chi connectivity index (χ4v) is 3.19. The maximum Gasteiger partial charge on any atom is 0.319 e. The van der Waals surface area contributed by atoms with Crippen LogP contribution in [0.15, 0.2) is 53.4 Å². The molecule has 2 aromatic carbocycles. The second-order valence-corrected chi connectivity index (χ2v) is 7.32. The Balaban J connectivity index is 1.93. The second kappa shape index (κ2) is 8.72. The van der Waals surface area contributed by atoms with Crippen molar-refractivity contribution in [2.75, 3.05) is 5.32 Å². The standard InChI is InChI=1S/C20H23NO3S/c1-13-9-8-10-14(2)18(13)21-19(22)15(3)24-20(23)16(4)25-17-11-6-5-7-12-17/h5-12,15-16H,1-4H3,(H,21,22)/t15-,16+/m1/s1. The molecule has 0 fully saturated rings. The first-order valence-electron chi connectivity index (χ1n) is 8.17. The van der Waals surface area contributed by atoms with Crippen LogP contribution in [0.1, 0.15) is 25.0 Å². The van der Waals surface area contributed by atoms with Crippen LogP contribution in [0.4, 0.5) is 5.69 Å². The van der Waals surface area contributed by atoms with Gasteiger partial charge in [-0.2, -0.15) is 0 Å². The molecular weight excluding hydrogens is 334 g/mol. The Morgan fingerprint density at radius 3 is 2.16 bits per heavy atom. The number of anilines is 1. The minimum Gasteiger partial charge on any atom is -0.452 e. The predicted octanol–water partition coefficient (Wildman–Crippen LogP) is 4.35. The van der Waals surface area contributed by atoms with Gasteiger partial charge in [0.1, 0.15) is 5.25 Å². The quantitative estimate of drug-likeness (QED) is 0.617. The third-order valence-corrected chi connectivity index (χ3v) is 4.87. The summed E-state index contributed by atoms with van der Waals surface area (Å²) in [5.41, 5.74) is 2.71. The van der Waals surface area contributed by atoms with E-state index in [0.29, 0.717) is 0 Å². The number of aryl methyl sites for hydroxylation is 2. The number of carbonyl (C=O) groups is 2. The molecule has 4 nitrogen and oxygen atoms in total. The third kappa shape index (κ3) is 5.36. The Labute approximate surface area is 153 Å². The highest BCUT2D eigenvalue weighted by molar-refractivity contribution is 8.00. The molecule has 25 heavy (non-hydrogen) atoms. The summed E-state index contributed by atoms with van der Waals surface area (Å²) in [5.74, 6) is -0.735. The maximum absolute atomic E-state index is 12.3. The molecule has 0 unspecified atom stereocenters. The van der Waals surface area contributed by atoms with Crippen molar-refractivity contribution in [3.8, 4) is 0 Å². The van der Waals surface area contributed by atoms with E-state index in [1.54, 1.807) is 13.8 Å². The van der Waals surface area contributed by atoms with Gasteiger partial charge in [0.05, 0.1) is 0 Å². The minimum absolute atomic E-state index is 0.331. The molecule has 0 aliphatic rings. The summed E-state index contributed by atoms with van der Waals surface area (Å²) in [6, 6.07) is 15.4. The second-order valence-electron chi connectivity index (χ2n) is 5.91. The molecule has 0 aromatic heterocycles. The van der Waals surface area contributed by atoms with Crippen molar-refractivity contribution in [1.82, 2.24) is 0 Å². The largest absolute Gasteiger partial charge is 0.452 e. The van der Waals surface area contributed by atoms with Crippen LogP contribution in [-0.4, -0.2) is 23.2 Å². The number of nitrogens with one attached hydrogen (secondary N) is 1. The fourth-order valence-electron chi connectivity index (χ4n) is 2.31. The Morgan fingerprint density at radius 1 is 0.960 bits per heavy atom. The number of thioether (sulfide) groups is 1.